The van der Waals surface area contributed by atoms with Crippen molar-refractivity contribution in [3.63, 3.8) is 0 Å². The summed E-state index contributed by atoms with van der Waals surface area (Å²) in [6.45, 7) is 7.43. The zero-order valence-electron chi connectivity index (χ0n) is 13.7. The van der Waals surface area contributed by atoms with E-state index >= 15 is 0 Å². The Balaban J connectivity index is 1.85. The maximum absolute atomic E-state index is 13.0. The summed E-state index contributed by atoms with van der Waals surface area (Å²) in [6, 6.07) is 0.413. The number of piperidine rings is 1. The Morgan fingerprint density at radius 3 is 2.73 bits per heavy atom. The molecule has 0 bridgehead atoms. The summed E-state index contributed by atoms with van der Waals surface area (Å²) in [5, 5.41) is 7.34. The SMILES string of the molecule is CC(C)c1[nH]nc(C(=O)N2CCC(C)C3CCCCC32)c1Br. The topological polar surface area (TPSA) is 49.0 Å². The lowest BCUT2D eigenvalue weighted by atomic mass is 9.72. The van der Waals surface area contributed by atoms with Crippen molar-refractivity contribution in [1.82, 2.24) is 15.1 Å². The van der Waals surface area contributed by atoms with Gasteiger partial charge in [-0.3, -0.25) is 9.89 Å². The van der Waals surface area contributed by atoms with E-state index in [2.05, 4.69) is 51.8 Å². The minimum absolute atomic E-state index is 0.0961. The Morgan fingerprint density at radius 2 is 2.05 bits per heavy atom. The van der Waals surface area contributed by atoms with Crippen molar-refractivity contribution >= 4 is 21.8 Å². The molecule has 3 rings (SSSR count). The molecule has 1 saturated carbocycles. The predicted molar refractivity (Wildman–Crippen MR) is 90.9 cm³/mol. The average Bonchev–Trinajstić information content (AvgIpc) is 2.89. The Kier molecular flexibility index (Phi) is 4.62. The van der Waals surface area contributed by atoms with Gasteiger partial charge < -0.3 is 4.90 Å². The van der Waals surface area contributed by atoms with E-state index in [1.165, 1.54) is 19.3 Å². The van der Waals surface area contributed by atoms with Crippen LogP contribution in [0.5, 0.6) is 0 Å². The number of aromatic nitrogens is 2. The highest BCUT2D eigenvalue weighted by Crippen LogP contribution is 2.39. The summed E-state index contributed by atoms with van der Waals surface area (Å²) in [4.78, 5) is 15.1. The van der Waals surface area contributed by atoms with Crippen molar-refractivity contribution in [2.24, 2.45) is 11.8 Å². The second-order valence-electron chi connectivity index (χ2n) is 7.23. The number of fused-ring (bicyclic) bond motifs is 1. The molecule has 2 fully saturated rings. The lowest BCUT2D eigenvalue weighted by Crippen LogP contribution is -2.52. The Labute approximate surface area is 141 Å². The van der Waals surface area contributed by atoms with Crippen molar-refractivity contribution in [3.8, 4) is 0 Å². The molecule has 0 spiro atoms. The third kappa shape index (κ3) is 2.72. The number of carbonyl (C=O) groups is 1. The molecule has 1 aromatic rings. The van der Waals surface area contributed by atoms with Crippen LogP contribution >= 0.6 is 15.9 Å². The van der Waals surface area contributed by atoms with Crippen LogP contribution < -0.4 is 0 Å². The van der Waals surface area contributed by atoms with Gasteiger partial charge in [0.15, 0.2) is 5.69 Å². The fourth-order valence-corrected chi connectivity index (χ4v) is 4.97. The molecule has 1 aliphatic carbocycles. The van der Waals surface area contributed by atoms with Gasteiger partial charge in [0.05, 0.1) is 10.2 Å². The van der Waals surface area contributed by atoms with Crippen LogP contribution in [0.15, 0.2) is 4.47 Å². The maximum atomic E-state index is 13.0. The van der Waals surface area contributed by atoms with Gasteiger partial charge >= 0.3 is 0 Å². The van der Waals surface area contributed by atoms with Crippen LogP contribution in [0.2, 0.25) is 0 Å². The number of hydrogen-bond donors (Lipinski definition) is 1. The number of halogens is 1. The number of hydrogen-bond acceptors (Lipinski definition) is 2. The van der Waals surface area contributed by atoms with Crippen molar-refractivity contribution in [3.05, 3.63) is 15.9 Å². The number of carbonyl (C=O) groups excluding carboxylic acids is 1. The van der Waals surface area contributed by atoms with Gasteiger partial charge in [-0.05, 0) is 52.9 Å². The number of aromatic amines is 1. The van der Waals surface area contributed by atoms with E-state index in [-0.39, 0.29) is 5.91 Å². The third-order valence-electron chi connectivity index (χ3n) is 5.51. The number of rotatable bonds is 2. The summed E-state index contributed by atoms with van der Waals surface area (Å²) >= 11 is 3.58. The molecule has 4 nitrogen and oxygen atoms in total. The summed E-state index contributed by atoms with van der Waals surface area (Å²) in [7, 11) is 0. The Morgan fingerprint density at radius 1 is 1.32 bits per heavy atom. The van der Waals surface area contributed by atoms with Crippen LogP contribution in [0.25, 0.3) is 0 Å². The summed E-state index contributed by atoms with van der Waals surface area (Å²) < 4.78 is 0.846. The fourth-order valence-electron chi connectivity index (χ4n) is 4.17. The quantitative estimate of drug-likeness (QED) is 0.844. The highest BCUT2D eigenvalue weighted by Gasteiger charge is 2.40. The summed E-state index contributed by atoms with van der Waals surface area (Å²) in [6.07, 6.45) is 6.11. The second kappa shape index (κ2) is 6.34. The van der Waals surface area contributed by atoms with Gasteiger partial charge in [-0.1, -0.05) is 33.6 Å². The van der Waals surface area contributed by atoms with Crippen LogP contribution in [0.1, 0.15) is 75.0 Å². The second-order valence-corrected chi connectivity index (χ2v) is 8.03. The Hall–Kier alpha value is -0.840. The number of H-pyrrole nitrogens is 1. The first-order valence-corrected chi connectivity index (χ1v) is 9.34. The number of nitrogens with one attached hydrogen (secondary N) is 1. The highest BCUT2D eigenvalue weighted by atomic mass is 79.9. The maximum Gasteiger partial charge on any atom is 0.275 e. The molecular weight excluding hydrogens is 342 g/mol. The van der Waals surface area contributed by atoms with Gasteiger partial charge in [-0.15, -0.1) is 0 Å². The molecule has 2 aliphatic rings. The molecule has 1 amide bonds. The van der Waals surface area contributed by atoms with E-state index in [1.54, 1.807) is 0 Å². The van der Waals surface area contributed by atoms with Gasteiger partial charge in [0.1, 0.15) is 0 Å². The highest BCUT2D eigenvalue weighted by molar-refractivity contribution is 9.10. The van der Waals surface area contributed by atoms with Crippen LogP contribution in [0, 0.1) is 11.8 Å². The van der Waals surface area contributed by atoms with Crippen LogP contribution in [0.3, 0.4) is 0 Å². The minimum Gasteiger partial charge on any atom is -0.334 e. The lowest BCUT2D eigenvalue weighted by Gasteiger charge is -2.47. The zero-order valence-corrected chi connectivity index (χ0v) is 15.3. The number of amides is 1. The molecule has 0 aromatic carbocycles. The zero-order chi connectivity index (χ0) is 15.9. The molecule has 1 aliphatic heterocycles. The first-order valence-electron chi connectivity index (χ1n) is 8.55. The van der Waals surface area contributed by atoms with E-state index in [1.807, 2.05) is 0 Å². The average molecular weight is 368 g/mol. The van der Waals surface area contributed by atoms with Crippen molar-refractivity contribution in [2.45, 2.75) is 64.8 Å². The van der Waals surface area contributed by atoms with E-state index in [9.17, 15) is 4.79 Å². The van der Waals surface area contributed by atoms with Gasteiger partial charge in [-0.25, -0.2) is 0 Å². The van der Waals surface area contributed by atoms with Gasteiger partial charge in [0.25, 0.3) is 5.91 Å². The summed E-state index contributed by atoms with van der Waals surface area (Å²) in [5.41, 5.74) is 1.57. The van der Waals surface area contributed by atoms with Gasteiger partial charge in [0, 0.05) is 12.6 Å². The Bertz CT molecular complexity index is 554. The normalized spacial score (nSPS) is 28.8. The van der Waals surface area contributed by atoms with Crippen LogP contribution in [-0.4, -0.2) is 33.6 Å². The molecule has 1 aromatic heterocycles. The van der Waals surface area contributed by atoms with Crippen molar-refractivity contribution < 1.29 is 4.79 Å². The minimum atomic E-state index is 0.0961. The molecule has 122 valence electrons. The van der Waals surface area contributed by atoms with E-state index < -0.39 is 0 Å². The molecule has 3 atom stereocenters. The van der Waals surface area contributed by atoms with E-state index in [0.717, 1.165) is 35.5 Å². The standard InChI is InChI=1S/C17H26BrN3O/c1-10(2)15-14(18)16(20-19-15)17(22)21-9-8-11(3)12-6-4-5-7-13(12)21/h10-13H,4-9H2,1-3H3,(H,19,20). The first-order chi connectivity index (χ1) is 10.5. The number of likely N-dealkylation sites (tertiary alicyclic amines) is 1. The van der Waals surface area contributed by atoms with Gasteiger partial charge in [0.2, 0.25) is 0 Å². The molecule has 5 heteroatoms. The molecule has 1 N–H and O–H groups in total. The smallest absolute Gasteiger partial charge is 0.275 e. The fraction of sp³-hybridized carbons (Fsp3) is 0.765. The van der Waals surface area contributed by atoms with Crippen molar-refractivity contribution in [2.75, 3.05) is 6.54 Å². The van der Waals surface area contributed by atoms with Crippen LogP contribution in [0.4, 0.5) is 0 Å². The van der Waals surface area contributed by atoms with E-state index in [0.29, 0.717) is 23.6 Å². The first kappa shape index (κ1) is 16.0. The predicted octanol–water partition coefficient (Wildman–Crippen LogP) is 4.34. The molecule has 22 heavy (non-hydrogen) atoms. The summed E-state index contributed by atoms with van der Waals surface area (Å²) in [5.74, 6) is 1.84. The van der Waals surface area contributed by atoms with Crippen LogP contribution in [-0.2, 0) is 0 Å². The third-order valence-corrected chi connectivity index (χ3v) is 6.31. The molecular formula is C17H26BrN3O. The van der Waals surface area contributed by atoms with Crippen molar-refractivity contribution in [1.29, 1.82) is 0 Å². The molecule has 1 saturated heterocycles. The van der Waals surface area contributed by atoms with Gasteiger partial charge in [-0.2, -0.15) is 5.10 Å². The molecule has 3 unspecified atom stereocenters. The largest absolute Gasteiger partial charge is 0.334 e. The monoisotopic (exact) mass is 367 g/mol. The number of nitrogens with zero attached hydrogens (tertiary/aromatic N) is 2. The molecule has 0 radical (unpaired) electrons. The van der Waals surface area contributed by atoms with E-state index in [4.69, 9.17) is 0 Å². The lowest BCUT2D eigenvalue weighted by molar-refractivity contribution is 0.0212. The molecule has 2 heterocycles.